The van der Waals surface area contributed by atoms with E-state index in [4.69, 9.17) is 4.74 Å². The minimum absolute atomic E-state index is 0.103. The van der Waals surface area contributed by atoms with Crippen LogP contribution in [0.1, 0.15) is 33.3 Å². The number of carbonyl (C=O) groups excluding carboxylic acids is 2. The molecule has 0 aliphatic carbocycles. The maximum Gasteiger partial charge on any atom is 0.340 e. The number of carbonyl (C=O) groups is 2. The van der Waals surface area contributed by atoms with Crippen molar-refractivity contribution in [2.75, 3.05) is 32.8 Å². The lowest BCUT2D eigenvalue weighted by Gasteiger charge is -2.27. The maximum absolute atomic E-state index is 12.9. The predicted octanol–water partition coefficient (Wildman–Crippen LogP) is 0.865. The molecular weight excluding hydrogens is 296 g/mol. The fourth-order valence-corrected chi connectivity index (χ4v) is 2.94. The number of hydrogen-bond donors (Lipinski definition) is 1. The second kappa shape index (κ2) is 6.37. The summed E-state index contributed by atoms with van der Waals surface area (Å²) in [4.78, 5) is 27.0. The van der Waals surface area contributed by atoms with Gasteiger partial charge < -0.3 is 15.0 Å². The number of aromatic nitrogens is 2. The van der Waals surface area contributed by atoms with Crippen molar-refractivity contribution in [1.82, 2.24) is 19.8 Å². The highest BCUT2D eigenvalue weighted by molar-refractivity contribution is 6.05. The lowest BCUT2D eigenvalue weighted by molar-refractivity contribution is 0.0528. The van der Waals surface area contributed by atoms with E-state index < -0.39 is 5.97 Å². The Morgan fingerprint density at radius 1 is 1.35 bits per heavy atom. The van der Waals surface area contributed by atoms with Crippen LogP contribution in [0.5, 0.6) is 0 Å². The Kier molecular flexibility index (Phi) is 4.29. The molecule has 1 aliphatic heterocycles. The Bertz CT molecular complexity index is 747. The van der Waals surface area contributed by atoms with Crippen LogP contribution in [-0.2, 0) is 4.74 Å². The van der Waals surface area contributed by atoms with Crippen LogP contribution in [0.4, 0.5) is 0 Å². The minimum atomic E-state index is -0.421. The average Bonchev–Trinajstić information content (AvgIpc) is 2.87. The van der Waals surface area contributed by atoms with E-state index in [0.29, 0.717) is 35.4 Å². The Hall–Kier alpha value is -2.41. The average molecular weight is 316 g/mol. The van der Waals surface area contributed by atoms with Crippen LogP contribution in [0.3, 0.4) is 0 Å². The first kappa shape index (κ1) is 15.5. The van der Waals surface area contributed by atoms with Gasteiger partial charge in [-0.25, -0.2) is 9.31 Å². The van der Waals surface area contributed by atoms with Gasteiger partial charge >= 0.3 is 5.97 Å². The summed E-state index contributed by atoms with van der Waals surface area (Å²) >= 11 is 0. The first-order valence-electron chi connectivity index (χ1n) is 7.78. The molecule has 0 bridgehead atoms. The molecule has 1 aliphatic rings. The van der Waals surface area contributed by atoms with Gasteiger partial charge in [0.25, 0.3) is 5.91 Å². The second-order valence-electron chi connectivity index (χ2n) is 5.43. The van der Waals surface area contributed by atoms with Gasteiger partial charge in [-0.15, -0.1) is 0 Å². The van der Waals surface area contributed by atoms with Crippen molar-refractivity contribution in [3.8, 4) is 0 Å². The molecule has 0 saturated carbocycles. The monoisotopic (exact) mass is 316 g/mol. The number of ether oxygens (including phenoxy) is 1. The second-order valence-corrected chi connectivity index (χ2v) is 5.43. The smallest absolute Gasteiger partial charge is 0.340 e. The molecule has 3 rings (SSSR count). The minimum Gasteiger partial charge on any atom is -0.462 e. The zero-order valence-corrected chi connectivity index (χ0v) is 13.3. The largest absolute Gasteiger partial charge is 0.462 e. The van der Waals surface area contributed by atoms with Crippen LogP contribution in [0.15, 0.2) is 18.3 Å². The molecule has 122 valence electrons. The van der Waals surface area contributed by atoms with Crippen LogP contribution in [-0.4, -0.2) is 59.2 Å². The fourth-order valence-electron chi connectivity index (χ4n) is 2.94. The van der Waals surface area contributed by atoms with Crippen LogP contribution in [0, 0.1) is 6.92 Å². The van der Waals surface area contributed by atoms with E-state index in [1.165, 1.54) is 0 Å². The lowest BCUT2D eigenvalue weighted by atomic mass is 10.1. The maximum atomic E-state index is 12.9. The summed E-state index contributed by atoms with van der Waals surface area (Å²) in [5, 5.41) is 7.49. The highest BCUT2D eigenvalue weighted by Crippen LogP contribution is 2.24. The molecule has 3 heterocycles. The number of esters is 1. The Morgan fingerprint density at radius 2 is 2.09 bits per heavy atom. The normalized spacial score (nSPS) is 15.0. The Morgan fingerprint density at radius 3 is 2.78 bits per heavy atom. The molecule has 1 saturated heterocycles. The third-order valence-corrected chi connectivity index (χ3v) is 4.03. The standard InChI is InChI=1S/C16H20N4O3/c1-3-23-16(22)13-11(2)14(20-12(13)5-4-6-18-20)15(21)19-9-7-17-8-10-19/h4-6,17H,3,7-10H2,1-2H3. The summed E-state index contributed by atoms with van der Waals surface area (Å²) in [7, 11) is 0. The fraction of sp³-hybridized carbons (Fsp3) is 0.438. The van der Waals surface area contributed by atoms with Crippen molar-refractivity contribution in [2.45, 2.75) is 13.8 Å². The SMILES string of the molecule is CCOC(=O)c1c(C)c(C(=O)N2CCNCC2)n2ncccc12. The van der Waals surface area contributed by atoms with Crippen molar-refractivity contribution >= 4 is 17.4 Å². The third kappa shape index (κ3) is 2.68. The van der Waals surface area contributed by atoms with E-state index in [1.807, 2.05) is 0 Å². The zero-order chi connectivity index (χ0) is 16.4. The highest BCUT2D eigenvalue weighted by atomic mass is 16.5. The van der Waals surface area contributed by atoms with Gasteiger partial charge in [-0.2, -0.15) is 5.10 Å². The Labute approximate surface area is 134 Å². The van der Waals surface area contributed by atoms with Gasteiger partial charge in [0.2, 0.25) is 0 Å². The van der Waals surface area contributed by atoms with E-state index in [0.717, 1.165) is 13.1 Å². The molecule has 0 atom stereocenters. The summed E-state index contributed by atoms with van der Waals surface area (Å²) in [6.07, 6.45) is 1.61. The van der Waals surface area contributed by atoms with Crippen molar-refractivity contribution in [2.24, 2.45) is 0 Å². The third-order valence-electron chi connectivity index (χ3n) is 4.03. The van der Waals surface area contributed by atoms with E-state index in [9.17, 15) is 9.59 Å². The van der Waals surface area contributed by atoms with Gasteiger partial charge in [0.1, 0.15) is 5.69 Å². The van der Waals surface area contributed by atoms with Gasteiger partial charge in [-0.3, -0.25) is 4.79 Å². The van der Waals surface area contributed by atoms with Gasteiger partial charge in [0, 0.05) is 32.4 Å². The molecule has 0 spiro atoms. The molecule has 0 aromatic carbocycles. The number of fused-ring (bicyclic) bond motifs is 1. The van der Waals surface area contributed by atoms with Gasteiger partial charge in [-0.05, 0) is 31.5 Å². The zero-order valence-electron chi connectivity index (χ0n) is 13.3. The molecule has 7 heteroatoms. The summed E-state index contributed by atoms with van der Waals surface area (Å²) in [6.45, 7) is 6.66. The number of nitrogens with one attached hydrogen (secondary N) is 1. The number of amides is 1. The van der Waals surface area contributed by atoms with Crippen LogP contribution >= 0.6 is 0 Å². The summed E-state index contributed by atoms with van der Waals surface area (Å²) in [5.74, 6) is -0.525. The van der Waals surface area contributed by atoms with Gasteiger partial charge in [0.15, 0.2) is 0 Å². The van der Waals surface area contributed by atoms with Crippen molar-refractivity contribution in [1.29, 1.82) is 0 Å². The predicted molar refractivity (Wildman–Crippen MR) is 84.7 cm³/mol. The van der Waals surface area contributed by atoms with Crippen molar-refractivity contribution in [3.05, 3.63) is 35.2 Å². The van der Waals surface area contributed by atoms with Crippen LogP contribution < -0.4 is 5.32 Å². The molecule has 2 aromatic rings. The van der Waals surface area contributed by atoms with E-state index >= 15 is 0 Å². The lowest BCUT2D eigenvalue weighted by Crippen LogP contribution is -2.46. The number of hydrogen-bond acceptors (Lipinski definition) is 5. The molecule has 1 fully saturated rings. The van der Waals surface area contributed by atoms with Gasteiger partial charge in [0.05, 0.1) is 17.7 Å². The van der Waals surface area contributed by atoms with Crippen LogP contribution in [0.2, 0.25) is 0 Å². The van der Waals surface area contributed by atoms with Crippen molar-refractivity contribution in [3.63, 3.8) is 0 Å². The highest BCUT2D eigenvalue weighted by Gasteiger charge is 2.29. The van der Waals surface area contributed by atoms with E-state index in [2.05, 4.69) is 10.4 Å². The molecule has 1 amide bonds. The Balaban J connectivity index is 2.11. The van der Waals surface area contributed by atoms with Crippen molar-refractivity contribution < 1.29 is 14.3 Å². The molecule has 2 aromatic heterocycles. The summed E-state index contributed by atoms with van der Waals surface area (Å²) < 4.78 is 6.69. The quantitative estimate of drug-likeness (QED) is 0.850. The number of rotatable bonds is 3. The summed E-state index contributed by atoms with van der Waals surface area (Å²) in [5.41, 5.74) is 2.07. The number of nitrogens with zero attached hydrogens (tertiary/aromatic N) is 3. The summed E-state index contributed by atoms with van der Waals surface area (Å²) in [6, 6.07) is 3.53. The first-order chi connectivity index (χ1) is 11.1. The molecule has 23 heavy (non-hydrogen) atoms. The molecule has 0 radical (unpaired) electrons. The molecular formula is C16H20N4O3. The van der Waals surface area contributed by atoms with E-state index in [1.54, 1.807) is 41.6 Å². The number of piperazine rings is 1. The first-order valence-corrected chi connectivity index (χ1v) is 7.78. The molecule has 0 unspecified atom stereocenters. The molecule has 7 nitrogen and oxygen atoms in total. The van der Waals surface area contributed by atoms with Crippen LogP contribution in [0.25, 0.3) is 5.52 Å². The van der Waals surface area contributed by atoms with E-state index in [-0.39, 0.29) is 12.5 Å². The molecule has 1 N–H and O–H groups in total. The van der Waals surface area contributed by atoms with Gasteiger partial charge in [-0.1, -0.05) is 0 Å². The topological polar surface area (TPSA) is 75.9 Å².